The molecular formula is C22H17FN4O3. The number of anilines is 2. The Labute approximate surface area is 171 Å². The molecule has 7 nitrogen and oxygen atoms in total. The molecule has 2 aromatic carbocycles. The first-order valence-corrected chi connectivity index (χ1v) is 9.11. The highest BCUT2D eigenvalue weighted by molar-refractivity contribution is 6.08. The highest BCUT2D eigenvalue weighted by Gasteiger charge is 2.27. The Kier molecular flexibility index (Phi) is 5.13. The molecule has 0 unspecified atom stereocenters. The summed E-state index contributed by atoms with van der Waals surface area (Å²) < 4.78 is 15.4. The number of carbonyl (C=O) groups is 2. The van der Waals surface area contributed by atoms with Crippen LogP contribution in [0.3, 0.4) is 0 Å². The highest BCUT2D eigenvalue weighted by Crippen LogP contribution is 2.30. The van der Waals surface area contributed by atoms with Crippen molar-refractivity contribution in [2.75, 3.05) is 10.6 Å². The third-order valence-electron chi connectivity index (χ3n) is 4.55. The molecule has 1 amide bonds. The van der Waals surface area contributed by atoms with Crippen LogP contribution >= 0.6 is 0 Å². The second-order valence-corrected chi connectivity index (χ2v) is 6.56. The zero-order valence-corrected chi connectivity index (χ0v) is 15.6. The average Bonchev–Trinajstić information content (AvgIpc) is 3.18. The van der Waals surface area contributed by atoms with Crippen molar-refractivity contribution in [3.8, 4) is 0 Å². The summed E-state index contributed by atoms with van der Waals surface area (Å²) in [6.07, 6.45) is 6.45. The minimum atomic E-state index is -1.17. The first kappa shape index (κ1) is 19.1. The van der Waals surface area contributed by atoms with Crippen LogP contribution in [0, 0.1) is 5.82 Å². The average molecular weight is 404 g/mol. The highest BCUT2D eigenvalue weighted by atomic mass is 19.1. The SMILES string of the molecule is O=C(O)C1=C[C@H](/C=C/c2ccccc2)n2ncc(C(=O)Nc3ccccc3F)c2N1. The number of fused-ring (bicyclic) bond motifs is 1. The number of carbonyl (C=O) groups excluding carboxylic acids is 1. The second-order valence-electron chi connectivity index (χ2n) is 6.56. The van der Waals surface area contributed by atoms with Gasteiger partial charge in [-0.05, 0) is 23.8 Å². The number of rotatable bonds is 5. The van der Waals surface area contributed by atoms with E-state index in [-0.39, 0.29) is 22.8 Å². The van der Waals surface area contributed by atoms with Crippen LogP contribution in [0.25, 0.3) is 6.08 Å². The van der Waals surface area contributed by atoms with Crippen LogP contribution in [0.5, 0.6) is 0 Å². The normalized spacial score (nSPS) is 15.2. The number of nitrogens with zero attached hydrogens (tertiary/aromatic N) is 2. The van der Waals surface area contributed by atoms with Crippen LogP contribution in [0.15, 0.2) is 78.6 Å². The van der Waals surface area contributed by atoms with E-state index in [2.05, 4.69) is 15.7 Å². The van der Waals surface area contributed by atoms with Crippen LogP contribution in [0.4, 0.5) is 15.9 Å². The van der Waals surface area contributed by atoms with Crippen molar-refractivity contribution in [2.45, 2.75) is 6.04 Å². The molecule has 0 aliphatic carbocycles. The zero-order valence-electron chi connectivity index (χ0n) is 15.6. The number of aliphatic carboxylic acids is 1. The molecule has 0 saturated carbocycles. The van der Waals surface area contributed by atoms with Gasteiger partial charge in [0, 0.05) is 0 Å². The Morgan fingerprint density at radius 1 is 1.13 bits per heavy atom. The molecule has 1 aliphatic rings. The lowest BCUT2D eigenvalue weighted by Gasteiger charge is -2.22. The van der Waals surface area contributed by atoms with Gasteiger partial charge in [0.2, 0.25) is 0 Å². The van der Waals surface area contributed by atoms with Crippen molar-refractivity contribution in [3.05, 3.63) is 95.6 Å². The van der Waals surface area contributed by atoms with Gasteiger partial charge in [0.15, 0.2) is 0 Å². The lowest BCUT2D eigenvalue weighted by Crippen LogP contribution is -2.24. The van der Waals surface area contributed by atoms with E-state index in [4.69, 9.17) is 0 Å². The lowest BCUT2D eigenvalue weighted by atomic mass is 10.1. The molecule has 1 atom stereocenters. The third kappa shape index (κ3) is 3.83. The summed E-state index contributed by atoms with van der Waals surface area (Å²) in [4.78, 5) is 24.3. The third-order valence-corrected chi connectivity index (χ3v) is 4.55. The molecule has 3 aromatic rings. The fourth-order valence-corrected chi connectivity index (χ4v) is 3.08. The Morgan fingerprint density at radius 2 is 1.87 bits per heavy atom. The number of hydrogen-bond acceptors (Lipinski definition) is 4. The van der Waals surface area contributed by atoms with Crippen molar-refractivity contribution < 1.29 is 19.1 Å². The Bertz CT molecular complexity index is 1170. The van der Waals surface area contributed by atoms with Gasteiger partial charge in [-0.15, -0.1) is 0 Å². The van der Waals surface area contributed by atoms with E-state index in [1.807, 2.05) is 36.4 Å². The van der Waals surface area contributed by atoms with Gasteiger partial charge < -0.3 is 15.7 Å². The lowest BCUT2D eigenvalue weighted by molar-refractivity contribution is -0.132. The van der Waals surface area contributed by atoms with Gasteiger partial charge in [0.25, 0.3) is 5.91 Å². The minimum Gasteiger partial charge on any atom is -0.477 e. The molecule has 4 rings (SSSR count). The number of carboxylic acids is 1. The summed E-state index contributed by atoms with van der Waals surface area (Å²) >= 11 is 0. The predicted molar refractivity (Wildman–Crippen MR) is 110 cm³/mol. The van der Waals surface area contributed by atoms with E-state index in [0.29, 0.717) is 0 Å². The summed E-state index contributed by atoms with van der Waals surface area (Å²) in [5, 5.41) is 18.9. The van der Waals surface area contributed by atoms with Crippen molar-refractivity contribution in [2.24, 2.45) is 0 Å². The maximum Gasteiger partial charge on any atom is 0.352 e. The fourth-order valence-electron chi connectivity index (χ4n) is 3.08. The number of hydrogen-bond donors (Lipinski definition) is 3. The molecule has 0 radical (unpaired) electrons. The molecule has 8 heteroatoms. The molecular weight excluding hydrogens is 387 g/mol. The van der Waals surface area contributed by atoms with Crippen LogP contribution in [-0.4, -0.2) is 26.8 Å². The quantitative estimate of drug-likeness (QED) is 0.599. The topological polar surface area (TPSA) is 96.2 Å². The summed E-state index contributed by atoms with van der Waals surface area (Å²) in [6, 6.07) is 14.8. The molecule has 0 saturated heterocycles. The number of para-hydroxylation sites is 1. The first-order chi connectivity index (χ1) is 14.5. The van der Waals surface area contributed by atoms with Crippen molar-refractivity contribution in [1.82, 2.24) is 9.78 Å². The van der Waals surface area contributed by atoms with Gasteiger partial charge in [-0.2, -0.15) is 5.10 Å². The minimum absolute atomic E-state index is 0.0211. The van der Waals surface area contributed by atoms with E-state index >= 15 is 0 Å². The van der Waals surface area contributed by atoms with E-state index in [0.717, 1.165) is 5.56 Å². The number of nitrogens with one attached hydrogen (secondary N) is 2. The maximum absolute atomic E-state index is 13.9. The number of halogens is 1. The number of carboxylic acid groups (broad SMARTS) is 1. The number of amides is 1. The van der Waals surface area contributed by atoms with E-state index in [1.54, 1.807) is 12.1 Å². The zero-order chi connectivity index (χ0) is 21.1. The van der Waals surface area contributed by atoms with E-state index < -0.39 is 23.7 Å². The molecule has 0 fully saturated rings. The van der Waals surface area contributed by atoms with Gasteiger partial charge in [-0.3, -0.25) is 4.79 Å². The molecule has 1 aromatic heterocycles. The van der Waals surface area contributed by atoms with Crippen molar-refractivity contribution >= 4 is 29.5 Å². The van der Waals surface area contributed by atoms with Gasteiger partial charge in [0.05, 0.1) is 17.9 Å². The monoisotopic (exact) mass is 404 g/mol. The molecule has 2 heterocycles. The van der Waals surface area contributed by atoms with Crippen LogP contribution < -0.4 is 10.6 Å². The Balaban J connectivity index is 1.66. The molecule has 1 aliphatic heterocycles. The molecule has 0 bridgehead atoms. The van der Waals surface area contributed by atoms with Crippen LogP contribution in [0.1, 0.15) is 22.0 Å². The van der Waals surface area contributed by atoms with Crippen molar-refractivity contribution in [1.29, 1.82) is 0 Å². The van der Waals surface area contributed by atoms with Gasteiger partial charge in [0.1, 0.15) is 22.9 Å². The number of benzene rings is 2. The molecule has 30 heavy (non-hydrogen) atoms. The second kappa shape index (κ2) is 8.04. The Hall–Kier alpha value is -4.20. The predicted octanol–water partition coefficient (Wildman–Crippen LogP) is 3.92. The van der Waals surface area contributed by atoms with Crippen molar-refractivity contribution in [3.63, 3.8) is 0 Å². The number of allylic oxidation sites excluding steroid dienone is 2. The van der Waals surface area contributed by atoms with Gasteiger partial charge in [-0.1, -0.05) is 54.6 Å². The molecule has 0 spiro atoms. The maximum atomic E-state index is 13.9. The van der Waals surface area contributed by atoms with E-state index in [1.165, 1.54) is 35.2 Å². The van der Waals surface area contributed by atoms with Gasteiger partial charge >= 0.3 is 5.97 Å². The van der Waals surface area contributed by atoms with E-state index in [9.17, 15) is 19.1 Å². The Morgan fingerprint density at radius 3 is 2.60 bits per heavy atom. The fraction of sp³-hybridized carbons (Fsp3) is 0.0455. The summed E-state index contributed by atoms with van der Waals surface area (Å²) in [7, 11) is 0. The van der Waals surface area contributed by atoms with Crippen LogP contribution in [-0.2, 0) is 4.79 Å². The molecule has 150 valence electrons. The largest absolute Gasteiger partial charge is 0.477 e. The summed E-state index contributed by atoms with van der Waals surface area (Å²) in [5.74, 6) is -2.13. The smallest absolute Gasteiger partial charge is 0.352 e. The van der Waals surface area contributed by atoms with Crippen LogP contribution in [0.2, 0.25) is 0 Å². The molecule has 3 N–H and O–H groups in total. The van der Waals surface area contributed by atoms with Gasteiger partial charge in [-0.25, -0.2) is 13.9 Å². The standard InChI is InChI=1S/C22H17FN4O3/c23-17-8-4-5-9-18(17)26-21(28)16-13-24-27-15(11-10-14-6-2-1-3-7-14)12-19(22(29)30)25-20(16)27/h1-13,15,25H,(H,26,28)(H,29,30)/b11-10+/t15-/m0/s1. The summed E-state index contributed by atoms with van der Waals surface area (Å²) in [6.45, 7) is 0. The number of aromatic nitrogens is 2. The first-order valence-electron chi connectivity index (χ1n) is 9.11. The summed E-state index contributed by atoms with van der Waals surface area (Å²) in [5.41, 5.74) is 0.981.